The molecule has 4 aromatic rings. The zero-order valence-electron chi connectivity index (χ0n) is 20.3. The van der Waals surface area contributed by atoms with Crippen LogP contribution in [0.2, 0.25) is 0 Å². The lowest BCUT2D eigenvalue weighted by Gasteiger charge is -2.16. The van der Waals surface area contributed by atoms with E-state index in [1.807, 2.05) is 18.2 Å². The van der Waals surface area contributed by atoms with E-state index in [0.29, 0.717) is 31.6 Å². The number of aryl methyl sites for hydroxylation is 1. The maximum atomic E-state index is 6.31. The second kappa shape index (κ2) is 10.1. The molecular formula is C29H34N2O2. The van der Waals surface area contributed by atoms with Crippen molar-refractivity contribution in [1.82, 2.24) is 9.55 Å². The first kappa shape index (κ1) is 22.9. The number of para-hydroxylation sites is 2. The zero-order valence-corrected chi connectivity index (χ0v) is 20.3. The molecule has 0 spiro atoms. The number of aromatic nitrogens is 2. The minimum atomic E-state index is 0.398. The van der Waals surface area contributed by atoms with Gasteiger partial charge in [-0.05, 0) is 65.8 Å². The highest BCUT2D eigenvalue weighted by atomic mass is 16.5. The Balaban J connectivity index is 1.51. The van der Waals surface area contributed by atoms with Crippen LogP contribution in [0, 0.1) is 6.92 Å². The van der Waals surface area contributed by atoms with Gasteiger partial charge in [-0.25, -0.2) is 4.98 Å². The van der Waals surface area contributed by atoms with Gasteiger partial charge in [0, 0.05) is 0 Å². The van der Waals surface area contributed by atoms with Crippen LogP contribution in [-0.2, 0) is 13.2 Å². The van der Waals surface area contributed by atoms with E-state index in [0.717, 1.165) is 28.4 Å². The number of imidazole rings is 1. The van der Waals surface area contributed by atoms with Crippen LogP contribution < -0.4 is 9.47 Å². The van der Waals surface area contributed by atoms with Crippen molar-refractivity contribution >= 4 is 11.0 Å². The van der Waals surface area contributed by atoms with E-state index < -0.39 is 0 Å². The Morgan fingerprint density at radius 2 is 1.61 bits per heavy atom. The van der Waals surface area contributed by atoms with Crippen molar-refractivity contribution < 1.29 is 9.47 Å². The number of benzene rings is 3. The van der Waals surface area contributed by atoms with Gasteiger partial charge < -0.3 is 14.0 Å². The molecule has 0 aliphatic heterocycles. The third-order valence-electron chi connectivity index (χ3n) is 6.01. The minimum absolute atomic E-state index is 0.398. The molecule has 0 N–H and O–H groups in total. The molecule has 0 saturated carbocycles. The summed E-state index contributed by atoms with van der Waals surface area (Å²) >= 11 is 0. The lowest BCUT2D eigenvalue weighted by molar-refractivity contribution is 0.270. The first-order valence-corrected chi connectivity index (χ1v) is 11.8. The first-order valence-electron chi connectivity index (χ1n) is 11.8. The molecule has 0 fully saturated rings. The molecule has 1 heterocycles. The number of ether oxygens (including phenoxy) is 2. The second-order valence-corrected chi connectivity index (χ2v) is 9.23. The summed E-state index contributed by atoms with van der Waals surface area (Å²) in [5.74, 6) is 3.65. The van der Waals surface area contributed by atoms with Crippen LogP contribution in [-0.4, -0.2) is 16.2 Å². The third-order valence-corrected chi connectivity index (χ3v) is 6.01. The summed E-state index contributed by atoms with van der Waals surface area (Å²) in [7, 11) is 0. The zero-order chi connectivity index (χ0) is 23.4. The maximum absolute atomic E-state index is 6.31. The van der Waals surface area contributed by atoms with Gasteiger partial charge in [-0.3, -0.25) is 0 Å². The molecule has 0 amide bonds. The Morgan fingerprint density at radius 3 is 2.33 bits per heavy atom. The lowest BCUT2D eigenvalue weighted by Crippen LogP contribution is -2.13. The van der Waals surface area contributed by atoms with E-state index in [1.54, 1.807) is 0 Å². The molecule has 1 aromatic heterocycles. The largest absolute Gasteiger partial charge is 0.492 e. The normalized spacial score (nSPS) is 11.5. The van der Waals surface area contributed by atoms with Crippen LogP contribution in [0.3, 0.4) is 0 Å². The average Bonchev–Trinajstić information content (AvgIpc) is 3.15. The molecule has 33 heavy (non-hydrogen) atoms. The van der Waals surface area contributed by atoms with Gasteiger partial charge in [0.2, 0.25) is 0 Å². The summed E-state index contributed by atoms with van der Waals surface area (Å²) < 4.78 is 14.6. The molecule has 4 rings (SSSR count). The molecule has 0 aliphatic rings. The van der Waals surface area contributed by atoms with Gasteiger partial charge in [0.1, 0.15) is 30.5 Å². The maximum Gasteiger partial charge on any atom is 0.148 e. The molecule has 0 radical (unpaired) electrons. The fourth-order valence-electron chi connectivity index (χ4n) is 4.07. The Kier molecular flexibility index (Phi) is 7.02. The highest BCUT2D eigenvalue weighted by molar-refractivity contribution is 5.75. The standard InChI is InChI=1S/C29H34N2O2/c1-20(2)23-11-13-24(14-12-23)32-17-16-31-27-9-7-6-8-26(27)30-29(31)19-33-28-18-22(5)10-15-25(28)21(3)4/h6-15,18,20-21H,16-17,19H2,1-5H3. The second-order valence-electron chi connectivity index (χ2n) is 9.23. The Bertz CT molecular complexity index is 1210. The van der Waals surface area contributed by atoms with Crippen molar-refractivity contribution in [1.29, 1.82) is 0 Å². The fraction of sp³-hybridized carbons (Fsp3) is 0.345. The molecule has 0 bridgehead atoms. The topological polar surface area (TPSA) is 36.3 Å². The Morgan fingerprint density at radius 1 is 0.848 bits per heavy atom. The van der Waals surface area contributed by atoms with E-state index in [4.69, 9.17) is 14.5 Å². The summed E-state index contributed by atoms with van der Waals surface area (Å²) in [5, 5.41) is 0. The minimum Gasteiger partial charge on any atom is -0.492 e. The first-order chi connectivity index (χ1) is 15.9. The monoisotopic (exact) mass is 442 g/mol. The van der Waals surface area contributed by atoms with Crippen molar-refractivity contribution in [2.24, 2.45) is 0 Å². The van der Waals surface area contributed by atoms with Gasteiger partial charge in [0.25, 0.3) is 0 Å². The predicted octanol–water partition coefficient (Wildman–Crippen LogP) is 7.25. The van der Waals surface area contributed by atoms with Gasteiger partial charge in [-0.1, -0.05) is 64.1 Å². The van der Waals surface area contributed by atoms with Crippen molar-refractivity contribution in [3.8, 4) is 11.5 Å². The van der Waals surface area contributed by atoms with Crippen molar-refractivity contribution in [2.75, 3.05) is 6.61 Å². The number of hydrogen-bond acceptors (Lipinski definition) is 3. The number of fused-ring (bicyclic) bond motifs is 1. The molecule has 0 unspecified atom stereocenters. The van der Waals surface area contributed by atoms with Crippen molar-refractivity contribution in [3.63, 3.8) is 0 Å². The summed E-state index contributed by atoms with van der Waals surface area (Å²) in [6.45, 7) is 12.6. The number of nitrogens with zero attached hydrogens (tertiary/aromatic N) is 2. The molecule has 3 aromatic carbocycles. The molecule has 0 aliphatic carbocycles. The molecular weight excluding hydrogens is 408 g/mol. The average molecular weight is 443 g/mol. The van der Waals surface area contributed by atoms with Crippen LogP contribution in [0.5, 0.6) is 11.5 Å². The summed E-state index contributed by atoms with van der Waals surface area (Å²) in [4.78, 5) is 4.86. The molecule has 172 valence electrons. The van der Waals surface area contributed by atoms with Crippen LogP contribution >= 0.6 is 0 Å². The summed E-state index contributed by atoms with van der Waals surface area (Å²) in [6, 6.07) is 23.0. The van der Waals surface area contributed by atoms with Gasteiger partial charge in [-0.15, -0.1) is 0 Å². The predicted molar refractivity (Wildman–Crippen MR) is 135 cm³/mol. The van der Waals surface area contributed by atoms with E-state index >= 15 is 0 Å². The van der Waals surface area contributed by atoms with Gasteiger partial charge >= 0.3 is 0 Å². The van der Waals surface area contributed by atoms with Crippen LogP contribution in [0.4, 0.5) is 0 Å². The number of rotatable bonds is 9. The van der Waals surface area contributed by atoms with E-state index in [-0.39, 0.29) is 0 Å². The van der Waals surface area contributed by atoms with Gasteiger partial charge in [-0.2, -0.15) is 0 Å². The molecule has 4 heteroatoms. The summed E-state index contributed by atoms with van der Waals surface area (Å²) in [5.41, 5.74) is 5.81. The quantitative estimate of drug-likeness (QED) is 0.274. The van der Waals surface area contributed by atoms with Crippen LogP contribution in [0.1, 0.15) is 62.0 Å². The highest BCUT2D eigenvalue weighted by Crippen LogP contribution is 2.28. The van der Waals surface area contributed by atoms with Crippen molar-refractivity contribution in [3.05, 3.63) is 89.2 Å². The van der Waals surface area contributed by atoms with Crippen LogP contribution in [0.15, 0.2) is 66.7 Å². The highest BCUT2D eigenvalue weighted by Gasteiger charge is 2.14. The van der Waals surface area contributed by atoms with E-state index in [1.165, 1.54) is 16.7 Å². The molecule has 0 saturated heterocycles. The lowest BCUT2D eigenvalue weighted by atomic mass is 10.0. The summed E-state index contributed by atoms with van der Waals surface area (Å²) in [6.07, 6.45) is 0. The Labute approximate surface area is 197 Å². The third kappa shape index (κ3) is 5.39. The SMILES string of the molecule is Cc1ccc(C(C)C)c(OCc2nc3ccccc3n2CCOc2ccc(C(C)C)cc2)c1. The number of hydrogen-bond donors (Lipinski definition) is 0. The van der Waals surface area contributed by atoms with E-state index in [2.05, 4.69) is 87.7 Å². The smallest absolute Gasteiger partial charge is 0.148 e. The fourth-order valence-corrected chi connectivity index (χ4v) is 4.07. The molecule has 0 atom stereocenters. The van der Waals surface area contributed by atoms with Crippen LogP contribution in [0.25, 0.3) is 11.0 Å². The van der Waals surface area contributed by atoms with Gasteiger partial charge in [0.15, 0.2) is 0 Å². The Hall–Kier alpha value is -3.27. The van der Waals surface area contributed by atoms with Crippen molar-refractivity contribution in [2.45, 2.75) is 59.6 Å². The van der Waals surface area contributed by atoms with Gasteiger partial charge in [0.05, 0.1) is 17.6 Å². The van der Waals surface area contributed by atoms with E-state index in [9.17, 15) is 0 Å². The molecule has 4 nitrogen and oxygen atoms in total.